The average Bonchev–Trinajstić information content (AvgIpc) is 3.17. The van der Waals surface area contributed by atoms with Gasteiger partial charge in [-0.3, -0.25) is 9.59 Å². The highest BCUT2D eigenvalue weighted by atomic mass is 16.8. The van der Waals surface area contributed by atoms with Gasteiger partial charge in [0.15, 0.2) is 37.4 Å². The summed E-state index contributed by atoms with van der Waals surface area (Å²) in [6.07, 6.45) is -35.7. The Morgan fingerprint density at radius 2 is 1.09 bits per heavy atom. The van der Waals surface area contributed by atoms with Crippen LogP contribution in [0.15, 0.2) is 0 Å². The van der Waals surface area contributed by atoms with Crippen LogP contribution >= 0.6 is 0 Å². The fourth-order valence-electron chi connectivity index (χ4n) is 7.51. The van der Waals surface area contributed by atoms with E-state index in [-0.39, 0.29) is 0 Å². The van der Waals surface area contributed by atoms with Crippen molar-refractivity contribution in [3.63, 3.8) is 0 Å². The first-order valence-corrected chi connectivity index (χ1v) is 18.6. The fourth-order valence-corrected chi connectivity index (χ4v) is 7.51. The lowest BCUT2D eigenvalue weighted by Crippen LogP contribution is -2.70. The number of carbonyl (C=O) groups excluding carboxylic acids is 3. The van der Waals surface area contributed by atoms with Gasteiger partial charge >= 0.3 is 5.97 Å². The van der Waals surface area contributed by atoms with Crippen molar-refractivity contribution in [1.29, 1.82) is 0 Å². The highest BCUT2D eigenvalue weighted by Crippen LogP contribution is 2.38. The van der Waals surface area contributed by atoms with E-state index in [1.165, 1.54) is 6.92 Å². The van der Waals surface area contributed by atoms with Crippen molar-refractivity contribution in [1.82, 2.24) is 10.6 Å². The number of carbonyl (C=O) groups is 3. The Labute approximate surface area is 330 Å². The molecule has 334 valence electrons. The highest BCUT2D eigenvalue weighted by molar-refractivity contribution is 5.75. The predicted molar refractivity (Wildman–Crippen MR) is 180 cm³/mol. The van der Waals surface area contributed by atoms with Gasteiger partial charge in [0.1, 0.15) is 91.4 Å². The molecule has 58 heavy (non-hydrogen) atoms. The van der Waals surface area contributed by atoms with Crippen molar-refractivity contribution in [3.05, 3.63) is 0 Å². The Balaban J connectivity index is 1.54. The third kappa shape index (κ3) is 10.0. The molecule has 6 rings (SSSR count). The predicted octanol–water partition coefficient (Wildman–Crippen LogP) is -8.73. The topological polar surface area (TPSA) is 381 Å². The summed E-state index contributed by atoms with van der Waals surface area (Å²) in [4.78, 5) is 37.4. The third-order valence-corrected chi connectivity index (χ3v) is 10.3. The molecule has 0 radical (unpaired) electrons. The summed E-state index contributed by atoms with van der Waals surface area (Å²) in [7, 11) is 0. The molecular weight excluding hydrogens is 792 g/mol. The van der Waals surface area contributed by atoms with Crippen LogP contribution in [0.5, 0.6) is 0 Å². The van der Waals surface area contributed by atoms with Gasteiger partial charge in [-0.25, -0.2) is 4.79 Å². The number of amides is 2. The summed E-state index contributed by atoms with van der Waals surface area (Å²) in [5.41, 5.74) is 0. The van der Waals surface area contributed by atoms with Gasteiger partial charge < -0.3 is 109 Å². The van der Waals surface area contributed by atoms with Crippen molar-refractivity contribution < 1.29 is 113 Å². The number of hydrogen-bond donors (Lipinski definition) is 13. The summed E-state index contributed by atoms with van der Waals surface area (Å²) >= 11 is 0. The van der Waals surface area contributed by atoms with Crippen LogP contribution in [0, 0.1) is 0 Å². The summed E-state index contributed by atoms with van der Waals surface area (Å²) < 4.78 is 52.7. The number of ether oxygens (including phenoxy) is 9. The molecule has 0 aromatic heterocycles. The Bertz CT molecular complexity index is 1380. The second-order valence-corrected chi connectivity index (χ2v) is 14.7. The Hall–Kier alpha value is -2.35. The van der Waals surface area contributed by atoms with Crippen LogP contribution in [0.1, 0.15) is 27.2 Å². The van der Waals surface area contributed by atoms with Crippen molar-refractivity contribution >= 4 is 17.8 Å². The van der Waals surface area contributed by atoms with E-state index >= 15 is 0 Å². The zero-order chi connectivity index (χ0) is 42.7. The minimum atomic E-state index is -2.13. The number of rotatable bonds is 12. The molecule has 25 nitrogen and oxygen atoms in total. The molecule has 6 aliphatic rings. The van der Waals surface area contributed by atoms with Crippen LogP contribution in [0.2, 0.25) is 0 Å². The normalized spacial score (nSPS) is 45.4. The molecule has 0 spiro atoms. The Morgan fingerprint density at radius 1 is 0.569 bits per heavy atom. The minimum Gasteiger partial charge on any atom is -0.455 e. The van der Waals surface area contributed by atoms with Gasteiger partial charge in [-0.1, -0.05) is 0 Å². The molecular formula is C33H54N2O23. The molecule has 25 heteroatoms. The Kier molecular flexibility index (Phi) is 16.1. The summed E-state index contributed by atoms with van der Waals surface area (Å²) in [5, 5.41) is 123. The van der Waals surface area contributed by atoms with Gasteiger partial charge in [-0.05, 0) is 6.92 Å². The van der Waals surface area contributed by atoms with E-state index in [0.29, 0.717) is 0 Å². The molecule has 22 atom stereocenters. The van der Waals surface area contributed by atoms with Crippen LogP contribution in [-0.2, 0) is 57.0 Å². The number of aliphatic hydroxyl groups is 11. The second kappa shape index (κ2) is 20.0. The Morgan fingerprint density at radius 3 is 1.67 bits per heavy atom. The first-order chi connectivity index (χ1) is 27.4. The zero-order valence-electron chi connectivity index (χ0n) is 31.6. The summed E-state index contributed by atoms with van der Waals surface area (Å²) in [5.74, 6) is -2.75. The van der Waals surface area contributed by atoms with E-state index in [1.807, 2.05) is 0 Å². The minimum absolute atomic E-state index is 0.443. The lowest BCUT2D eigenvalue weighted by molar-refractivity contribution is -0.386. The van der Waals surface area contributed by atoms with Crippen molar-refractivity contribution in [3.8, 4) is 0 Å². The van der Waals surface area contributed by atoms with E-state index in [9.17, 15) is 70.6 Å². The number of esters is 1. The van der Waals surface area contributed by atoms with Crippen LogP contribution in [-0.4, -0.2) is 235 Å². The maximum absolute atomic E-state index is 12.6. The van der Waals surface area contributed by atoms with Gasteiger partial charge in [0.25, 0.3) is 0 Å². The fraction of sp³-hybridized carbons (Fsp3) is 0.909. The first-order valence-electron chi connectivity index (χ1n) is 18.6. The molecule has 2 amide bonds. The standard InChI is InChI=1S/C33H54N2O23/c1-9(40)4-12(43)29(49)54-25-15(7-38)52-32(22(47)21(25)46)56-26-16(8-39)53-33-23(48)28(26)58-31-18(35-11(3)42)27(19(44)13(5-36)50-31)57-30-17(34-10(2)41)20(45)24(55-33)14(6-37)51-30/h9,12-28,30-33,36-40,43-48H,4-8H2,1-3H3,(H,34,41)(H,35,42)/t9?,12?,13-,14-,15-,16-,17-,18-,19-,20-,21-,22+,23-,24-,25-,26-,27-,28-,30-,31-,32+,33-/m1/s1. The quantitative estimate of drug-likeness (QED) is 0.0811. The van der Waals surface area contributed by atoms with Gasteiger partial charge in [0.2, 0.25) is 11.8 Å². The molecule has 0 aliphatic carbocycles. The third-order valence-electron chi connectivity index (χ3n) is 10.3. The van der Waals surface area contributed by atoms with Crippen molar-refractivity contribution in [2.75, 3.05) is 26.4 Å². The van der Waals surface area contributed by atoms with Crippen molar-refractivity contribution in [2.24, 2.45) is 0 Å². The monoisotopic (exact) mass is 846 g/mol. The van der Waals surface area contributed by atoms with Gasteiger partial charge in [-0.2, -0.15) is 0 Å². The maximum Gasteiger partial charge on any atom is 0.335 e. The lowest BCUT2D eigenvalue weighted by atomic mass is 9.94. The molecule has 0 aromatic carbocycles. The molecule has 13 N–H and O–H groups in total. The smallest absolute Gasteiger partial charge is 0.335 e. The zero-order valence-corrected chi connectivity index (χ0v) is 31.6. The second-order valence-electron chi connectivity index (χ2n) is 14.7. The SMILES string of the molecule is CC(=O)N[C@H]1[C@H]2O[C@H]3[C@H](O)[C@@H](CO)O[C@H](O[C@@H]4[C@@H](O)[C@@H](O[C@@H]([C@@H]1O)[C@@H](CO)O2)O[C@H](CO)[C@H]4O[C@@H]1O[C@H](CO)[C@@H](OC(=O)C(O)CC(C)O)[C@H](O)[C@@H]1O)[C@@H]3NC(C)=O. The van der Waals surface area contributed by atoms with E-state index in [1.54, 1.807) is 0 Å². The molecule has 6 saturated heterocycles. The van der Waals surface area contributed by atoms with E-state index < -0.39 is 186 Å². The average molecular weight is 847 g/mol. The highest BCUT2D eigenvalue weighted by Gasteiger charge is 2.59. The van der Waals surface area contributed by atoms with Gasteiger partial charge in [-0.15, -0.1) is 0 Å². The largest absolute Gasteiger partial charge is 0.455 e. The molecule has 2 unspecified atom stereocenters. The van der Waals surface area contributed by atoms with Crippen LogP contribution in [0.25, 0.3) is 0 Å². The maximum atomic E-state index is 12.6. The van der Waals surface area contributed by atoms with Crippen molar-refractivity contribution in [2.45, 2.75) is 162 Å². The van der Waals surface area contributed by atoms with E-state index in [0.717, 1.165) is 13.8 Å². The van der Waals surface area contributed by atoms with Crippen LogP contribution in [0.4, 0.5) is 0 Å². The molecule has 6 fully saturated rings. The summed E-state index contributed by atoms with van der Waals surface area (Å²) in [6.45, 7) is -0.189. The number of aliphatic hydroxyl groups excluding tert-OH is 11. The summed E-state index contributed by atoms with van der Waals surface area (Å²) in [6, 6.07) is -3.08. The molecule has 0 aromatic rings. The molecule has 6 aliphatic heterocycles. The molecule has 0 saturated carbocycles. The van der Waals surface area contributed by atoms with Crippen LogP contribution in [0.3, 0.4) is 0 Å². The number of nitrogens with one attached hydrogen (secondary N) is 2. The molecule has 6 heterocycles. The molecule has 6 bridgehead atoms. The van der Waals surface area contributed by atoms with Gasteiger partial charge in [0.05, 0.1) is 32.5 Å². The van der Waals surface area contributed by atoms with E-state index in [2.05, 4.69) is 10.6 Å². The van der Waals surface area contributed by atoms with E-state index in [4.69, 9.17) is 42.6 Å². The lowest BCUT2D eigenvalue weighted by Gasteiger charge is -2.50. The number of hydrogen-bond acceptors (Lipinski definition) is 23. The number of fused-ring (bicyclic) bond motifs is 2. The van der Waals surface area contributed by atoms with Gasteiger partial charge in [0, 0.05) is 20.3 Å². The first kappa shape index (κ1) is 46.7. The van der Waals surface area contributed by atoms with Crippen LogP contribution < -0.4 is 10.6 Å².